The summed E-state index contributed by atoms with van der Waals surface area (Å²) in [5.41, 5.74) is 1.09. The number of aromatic hydroxyl groups is 1. The van der Waals surface area contributed by atoms with Crippen LogP contribution >= 0.6 is 11.5 Å². The van der Waals surface area contributed by atoms with Gasteiger partial charge in [-0.3, -0.25) is 14.8 Å². The Morgan fingerprint density at radius 1 is 1.38 bits per heavy atom. The molecule has 0 aromatic carbocycles. The fraction of sp³-hybridized carbons (Fsp3) is 0.176. The van der Waals surface area contributed by atoms with E-state index in [1.165, 1.54) is 23.8 Å². The average Bonchev–Trinajstić information content (AvgIpc) is 3.07. The summed E-state index contributed by atoms with van der Waals surface area (Å²) in [6, 6.07) is 1.89. The second kappa shape index (κ2) is 6.67. The Labute approximate surface area is 165 Å². The van der Waals surface area contributed by atoms with Crippen LogP contribution in [-0.2, 0) is 0 Å². The molecule has 0 atom stereocenters. The third-order valence-electron chi connectivity index (χ3n) is 4.31. The van der Waals surface area contributed by atoms with Crippen LogP contribution in [0.2, 0.25) is 0 Å². The summed E-state index contributed by atoms with van der Waals surface area (Å²) in [4.78, 5) is 37.6. The number of hydrogen-bond acceptors (Lipinski definition) is 8. The highest BCUT2D eigenvalue weighted by Crippen LogP contribution is 2.22. The van der Waals surface area contributed by atoms with Gasteiger partial charge in [0.25, 0.3) is 5.91 Å². The lowest BCUT2D eigenvalue weighted by Crippen LogP contribution is -2.22. The van der Waals surface area contributed by atoms with Crippen LogP contribution < -0.4 is 21.7 Å². The first-order valence-corrected chi connectivity index (χ1v) is 9.57. The second-order valence-electron chi connectivity index (χ2n) is 6.55. The molecule has 0 radical (unpaired) electrons. The van der Waals surface area contributed by atoms with E-state index in [4.69, 9.17) is 0 Å². The van der Waals surface area contributed by atoms with E-state index in [0.29, 0.717) is 27.7 Å². The van der Waals surface area contributed by atoms with E-state index in [-0.39, 0.29) is 23.5 Å². The molecule has 4 N–H and O–H groups in total. The van der Waals surface area contributed by atoms with Gasteiger partial charge >= 0.3 is 5.69 Å². The van der Waals surface area contributed by atoms with E-state index in [9.17, 15) is 14.7 Å². The summed E-state index contributed by atoms with van der Waals surface area (Å²) in [6.45, 7) is 0. The monoisotopic (exact) mass is 410 g/mol. The van der Waals surface area contributed by atoms with Crippen molar-refractivity contribution < 1.29 is 9.90 Å². The number of H-pyrrole nitrogens is 2. The van der Waals surface area contributed by atoms with E-state index in [1.807, 2.05) is 0 Å². The fourth-order valence-electron chi connectivity index (χ4n) is 2.77. The summed E-state index contributed by atoms with van der Waals surface area (Å²) < 4.78 is 5.49. The maximum atomic E-state index is 12.4. The fourth-order valence-corrected chi connectivity index (χ4v) is 3.28. The number of nitrogens with zero attached hydrogens (tertiary/aromatic N) is 5. The minimum atomic E-state index is -0.528. The van der Waals surface area contributed by atoms with Crippen molar-refractivity contribution in [1.29, 1.82) is 0 Å². The minimum absolute atomic E-state index is 0.200. The maximum Gasteiger partial charge on any atom is 0.326 e. The Morgan fingerprint density at radius 3 is 2.93 bits per heavy atom. The number of hydrogen-bond donors (Lipinski definition) is 4. The largest absolute Gasteiger partial charge is 0.493 e. The zero-order valence-corrected chi connectivity index (χ0v) is 15.6. The summed E-state index contributed by atoms with van der Waals surface area (Å²) in [7, 11) is 0. The number of amides is 1. The van der Waals surface area contributed by atoms with Gasteiger partial charge in [-0.05, 0) is 30.5 Å². The van der Waals surface area contributed by atoms with E-state index < -0.39 is 5.69 Å². The molecule has 1 aliphatic rings. The molecule has 11 nitrogen and oxygen atoms in total. The molecule has 0 bridgehead atoms. The predicted molar refractivity (Wildman–Crippen MR) is 104 cm³/mol. The van der Waals surface area contributed by atoms with Crippen molar-refractivity contribution in [2.75, 3.05) is 5.32 Å². The third-order valence-corrected chi connectivity index (χ3v) is 4.90. The average molecular weight is 410 g/mol. The Balaban J connectivity index is 1.66. The first-order chi connectivity index (χ1) is 14.1. The lowest BCUT2D eigenvalue weighted by atomic mass is 10.3. The first kappa shape index (κ1) is 17.3. The minimum Gasteiger partial charge on any atom is -0.493 e. The number of imidazole rings is 1. The molecule has 146 valence electrons. The number of fused-ring (bicyclic) bond motifs is 1. The molecule has 12 heteroatoms. The van der Waals surface area contributed by atoms with Gasteiger partial charge in [0.2, 0.25) is 5.88 Å². The molecule has 1 saturated carbocycles. The van der Waals surface area contributed by atoms with Crippen molar-refractivity contribution in [3.8, 4) is 5.88 Å². The molecule has 4 aromatic rings. The van der Waals surface area contributed by atoms with Gasteiger partial charge in [-0.25, -0.2) is 14.2 Å². The lowest BCUT2D eigenvalue weighted by Gasteiger charge is -2.04. The molecular weight excluding hydrogens is 396 g/mol. The molecule has 0 saturated heterocycles. The highest BCUT2D eigenvalue weighted by atomic mass is 32.1. The van der Waals surface area contributed by atoms with Gasteiger partial charge in [-0.1, -0.05) is 0 Å². The van der Waals surface area contributed by atoms with Crippen molar-refractivity contribution in [2.45, 2.75) is 18.9 Å². The Kier molecular flexibility index (Phi) is 3.98. The molecule has 1 aliphatic carbocycles. The molecule has 0 aliphatic heterocycles. The van der Waals surface area contributed by atoms with Crippen LogP contribution in [-0.4, -0.2) is 46.0 Å². The molecule has 0 unspecified atom stereocenters. The van der Waals surface area contributed by atoms with Gasteiger partial charge in [-0.15, -0.1) is 0 Å². The van der Waals surface area contributed by atoms with Gasteiger partial charge in [-0.2, -0.15) is 9.61 Å². The van der Waals surface area contributed by atoms with Crippen LogP contribution in [0.5, 0.6) is 5.88 Å². The Hall–Kier alpha value is -3.80. The van der Waals surface area contributed by atoms with Crippen LogP contribution in [0, 0.1) is 0 Å². The maximum absolute atomic E-state index is 12.4. The molecular formula is C17H14N8O3S. The SMILES string of the molecule is O=C(Nc1cc(=NC2CC2)n2ncc(=Cc3[nH]c(=O)[nH]c3O)c2n1)c1cnsc1. The molecule has 29 heavy (non-hydrogen) atoms. The van der Waals surface area contributed by atoms with Crippen molar-refractivity contribution in [2.24, 2.45) is 4.99 Å². The van der Waals surface area contributed by atoms with Crippen LogP contribution in [0.3, 0.4) is 0 Å². The topological polar surface area (TPSA) is 153 Å². The molecule has 5 rings (SSSR count). The summed E-state index contributed by atoms with van der Waals surface area (Å²) >= 11 is 1.18. The molecule has 0 spiro atoms. The molecule has 1 fully saturated rings. The van der Waals surface area contributed by atoms with Crippen LogP contribution in [0.4, 0.5) is 5.82 Å². The zero-order chi connectivity index (χ0) is 20.0. The summed E-state index contributed by atoms with van der Waals surface area (Å²) in [5.74, 6) is -0.299. The van der Waals surface area contributed by atoms with Crippen LogP contribution in [0.25, 0.3) is 11.7 Å². The van der Waals surface area contributed by atoms with Crippen molar-refractivity contribution >= 4 is 35.0 Å². The van der Waals surface area contributed by atoms with E-state index in [0.717, 1.165) is 12.8 Å². The summed E-state index contributed by atoms with van der Waals surface area (Å²) in [6.07, 6.45) is 6.58. The van der Waals surface area contributed by atoms with Crippen molar-refractivity contribution in [3.05, 3.63) is 56.3 Å². The second-order valence-corrected chi connectivity index (χ2v) is 7.21. The smallest absolute Gasteiger partial charge is 0.326 e. The van der Waals surface area contributed by atoms with E-state index in [2.05, 4.69) is 34.7 Å². The van der Waals surface area contributed by atoms with Gasteiger partial charge in [0.05, 0.1) is 24.0 Å². The van der Waals surface area contributed by atoms with E-state index in [1.54, 1.807) is 22.2 Å². The van der Waals surface area contributed by atoms with Crippen molar-refractivity contribution in [3.63, 3.8) is 0 Å². The van der Waals surface area contributed by atoms with E-state index >= 15 is 0 Å². The first-order valence-electron chi connectivity index (χ1n) is 8.73. The van der Waals surface area contributed by atoms with Gasteiger partial charge in [0.15, 0.2) is 11.1 Å². The molecule has 1 amide bonds. The van der Waals surface area contributed by atoms with Crippen LogP contribution in [0.15, 0.2) is 33.6 Å². The number of rotatable bonds is 4. The number of carbonyl (C=O) groups is 1. The summed E-state index contributed by atoms with van der Waals surface area (Å²) in [5, 5.41) is 19.1. The number of carbonyl (C=O) groups excluding carboxylic acids is 1. The number of aromatic amines is 2. The van der Waals surface area contributed by atoms with Gasteiger partial charge in [0.1, 0.15) is 11.5 Å². The zero-order valence-electron chi connectivity index (χ0n) is 14.8. The van der Waals surface area contributed by atoms with Crippen LogP contribution in [0.1, 0.15) is 28.9 Å². The number of anilines is 1. The number of aromatic nitrogens is 6. The highest BCUT2D eigenvalue weighted by Gasteiger charge is 2.20. The third kappa shape index (κ3) is 3.40. The Morgan fingerprint density at radius 2 is 2.24 bits per heavy atom. The highest BCUT2D eigenvalue weighted by molar-refractivity contribution is 7.03. The van der Waals surface area contributed by atoms with Gasteiger partial charge in [0, 0.05) is 16.7 Å². The Bertz CT molecular complexity index is 1390. The lowest BCUT2D eigenvalue weighted by molar-refractivity contribution is 0.102. The van der Waals surface area contributed by atoms with Gasteiger partial charge < -0.3 is 15.4 Å². The molecule has 4 aromatic heterocycles. The predicted octanol–water partition coefficient (Wildman–Crippen LogP) is -0.229. The molecule has 4 heterocycles. The number of nitrogens with one attached hydrogen (secondary N) is 3. The van der Waals surface area contributed by atoms with Crippen molar-refractivity contribution in [1.82, 2.24) is 28.9 Å². The standard InChI is InChI=1S/C17H14N8O3S/c26-15(9-6-19-29-7-9)23-12-4-13(20-10-1-2-10)25-14(22-12)8(5-18-25)3-11-16(27)24-17(28)21-11/h3-7,10,27H,1-2H2,(H,23,26)(H2,21,24,28). The normalized spacial score (nSPS) is 15.3. The quantitative estimate of drug-likeness (QED) is 0.364.